The van der Waals surface area contributed by atoms with Crippen LogP contribution in [0.2, 0.25) is 0 Å². The van der Waals surface area contributed by atoms with E-state index in [1.807, 2.05) is 6.92 Å². The smallest absolute Gasteiger partial charge is 0.341 e. The Hall–Kier alpha value is -3.95. The molecular formula is C30H26F6O4. The van der Waals surface area contributed by atoms with Crippen LogP contribution in [0.5, 0.6) is 11.5 Å². The van der Waals surface area contributed by atoms with E-state index in [0.717, 1.165) is 24.3 Å². The Morgan fingerprint density at radius 2 is 1.32 bits per heavy atom. The molecular weight excluding hydrogens is 538 g/mol. The van der Waals surface area contributed by atoms with Crippen LogP contribution in [0.25, 0.3) is 16.7 Å². The maximum atomic E-state index is 14.9. The Bertz CT molecular complexity index is 1450. The van der Waals surface area contributed by atoms with Crippen LogP contribution in [-0.4, -0.2) is 25.3 Å². The zero-order chi connectivity index (χ0) is 29.0. The van der Waals surface area contributed by atoms with Gasteiger partial charge in [-0.15, -0.1) is 0 Å². The molecule has 0 aliphatic heterocycles. The largest absolute Gasteiger partial charge is 0.491 e. The van der Waals surface area contributed by atoms with Crippen molar-refractivity contribution in [3.63, 3.8) is 0 Å². The van der Waals surface area contributed by atoms with E-state index in [1.54, 1.807) is 13.0 Å². The van der Waals surface area contributed by atoms with Gasteiger partial charge in [-0.25, -0.2) is 22.4 Å². The van der Waals surface area contributed by atoms with E-state index in [9.17, 15) is 31.1 Å². The summed E-state index contributed by atoms with van der Waals surface area (Å²) in [5.41, 5.74) is -1.28. The van der Waals surface area contributed by atoms with Crippen LogP contribution in [0.4, 0.5) is 26.3 Å². The van der Waals surface area contributed by atoms with Crippen molar-refractivity contribution < 1.29 is 45.3 Å². The van der Waals surface area contributed by atoms with Crippen LogP contribution in [0.1, 0.15) is 55.5 Å². The molecule has 212 valence electrons. The third kappa shape index (κ3) is 5.80. The Balaban J connectivity index is 1.47. The highest BCUT2D eigenvalue weighted by Gasteiger charge is 2.27. The van der Waals surface area contributed by atoms with Crippen LogP contribution in [-0.2, 0) is 4.74 Å². The number of rotatable bonds is 9. The van der Waals surface area contributed by atoms with Crippen molar-refractivity contribution >= 4 is 11.5 Å². The summed E-state index contributed by atoms with van der Waals surface area (Å²) in [6, 6.07) is 6.79. The average molecular weight is 565 g/mol. The minimum atomic E-state index is -1.58. The molecule has 1 unspecified atom stereocenters. The minimum Gasteiger partial charge on any atom is -0.491 e. The summed E-state index contributed by atoms with van der Waals surface area (Å²) in [5.74, 6) is -9.75. The third-order valence-electron chi connectivity index (χ3n) is 6.43. The first-order valence-electron chi connectivity index (χ1n) is 12.8. The molecule has 0 saturated carbocycles. The van der Waals surface area contributed by atoms with Crippen LogP contribution in [0.3, 0.4) is 0 Å². The van der Waals surface area contributed by atoms with E-state index < -0.39 is 63.7 Å². The Kier molecular flexibility index (Phi) is 9.07. The molecule has 0 spiro atoms. The zero-order valence-corrected chi connectivity index (χ0v) is 21.8. The van der Waals surface area contributed by atoms with Crippen LogP contribution >= 0.6 is 0 Å². The lowest BCUT2D eigenvalue weighted by molar-refractivity contribution is 0.0279. The van der Waals surface area contributed by atoms with Crippen molar-refractivity contribution in [2.24, 2.45) is 0 Å². The zero-order valence-electron chi connectivity index (χ0n) is 21.8. The highest BCUT2D eigenvalue weighted by Crippen LogP contribution is 2.35. The maximum Gasteiger partial charge on any atom is 0.341 e. The standard InChI is InChI=1S/C30H26F6O4/c1-3-15-39-23-13-11-18(24(31)29(23)36)16-5-7-17(8-6-16)40-30(37)21-10-9-19(25(32)27(21)34)20-12-14-22(38-4-2)28(35)26(20)33/h5,9-14,17H,3-4,6-8,15H2,1-2H3. The van der Waals surface area contributed by atoms with Gasteiger partial charge in [-0.3, -0.25) is 0 Å². The van der Waals surface area contributed by atoms with Gasteiger partial charge in [-0.2, -0.15) is 8.78 Å². The van der Waals surface area contributed by atoms with Crippen molar-refractivity contribution in [3.8, 4) is 22.6 Å². The van der Waals surface area contributed by atoms with Crippen molar-refractivity contribution in [1.82, 2.24) is 0 Å². The molecule has 0 saturated heterocycles. The first-order valence-corrected chi connectivity index (χ1v) is 12.8. The molecule has 1 atom stereocenters. The van der Waals surface area contributed by atoms with Crippen LogP contribution < -0.4 is 9.47 Å². The molecule has 3 aromatic carbocycles. The molecule has 4 rings (SSSR count). The molecule has 4 nitrogen and oxygen atoms in total. The molecule has 0 aromatic heterocycles. The Morgan fingerprint density at radius 1 is 0.750 bits per heavy atom. The van der Waals surface area contributed by atoms with E-state index in [-0.39, 0.29) is 49.5 Å². The summed E-state index contributed by atoms with van der Waals surface area (Å²) in [7, 11) is 0. The van der Waals surface area contributed by atoms with E-state index in [2.05, 4.69) is 0 Å². The summed E-state index contributed by atoms with van der Waals surface area (Å²) in [6.45, 7) is 3.73. The monoisotopic (exact) mass is 564 g/mol. The molecule has 40 heavy (non-hydrogen) atoms. The predicted molar refractivity (Wildman–Crippen MR) is 136 cm³/mol. The van der Waals surface area contributed by atoms with Gasteiger partial charge in [0.1, 0.15) is 6.10 Å². The lowest BCUT2D eigenvalue weighted by Crippen LogP contribution is -2.21. The van der Waals surface area contributed by atoms with Crippen LogP contribution in [0, 0.1) is 34.9 Å². The molecule has 0 fully saturated rings. The number of benzene rings is 3. The number of carbonyl (C=O) groups excluding carboxylic acids is 1. The summed E-state index contributed by atoms with van der Waals surface area (Å²) >= 11 is 0. The molecule has 10 heteroatoms. The number of esters is 1. The number of hydrogen-bond acceptors (Lipinski definition) is 4. The fourth-order valence-electron chi connectivity index (χ4n) is 4.40. The quantitative estimate of drug-likeness (QED) is 0.194. The van der Waals surface area contributed by atoms with Gasteiger partial charge in [0.15, 0.2) is 34.8 Å². The van der Waals surface area contributed by atoms with Gasteiger partial charge in [0, 0.05) is 23.1 Å². The lowest BCUT2D eigenvalue weighted by Gasteiger charge is -2.23. The van der Waals surface area contributed by atoms with Gasteiger partial charge in [0.25, 0.3) is 0 Å². The average Bonchev–Trinajstić information content (AvgIpc) is 2.94. The van der Waals surface area contributed by atoms with Crippen molar-refractivity contribution in [2.45, 2.75) is 45.6 Å². The number of halogens is 6. The van der Waals surface area contributed by atoms with Gasteiger partial charge >= 0.3 is 5.97 Å². The molecule has 0 heterocycles. The summed E-state index contributed by atoms with van der Waals surface area (Å²) in [4.78, 5) is 12.6. The normalized spacial score (nSPS) is 15.0. The molecule has 1 aliphatic carbocycles. The Labute approximate surface area is 227 Å². The Morgan fingerprint density at radius 3 is 1.93 bits per heavy atom. The van der Waals surface area contributed by atoms with E-state index in [4.69, 9.17) is 14.2 Å². The lowest BCUT2D eigenvalue weighted by atomic mass is 9.91. The minimum absolute atomic E-state index is 0.0628. The number of carbonyl (C=O) groups is 1. The first kappa shape index (κ1) is 29.0. The topological polar surface area (TPSA) is 44.8 Å². The van der Waals surface area contributed by atoms with E-state index in [1.165, 1.54) is 12.1 Å². The molecule has 0 amide bonds. The van der Waals surface area contributed by atoms with E-state index in [0.29, 0.717) is 12.0 Å². The number of allylic oxidation sites excluding steroid dienone is 1. The second-order valence-corrected chi connectivity index (χ2v) is 9.08. The van der Waals surface area contributed by atoms with Gasteiger partial charge < -0.3 is 14.2 Å². The van der Waals surface area contributed by atoms with Crippen LogP contribution in [0.15, 0.2) is 42.5 Å². The molecule has 3 aromatic rings. The van der Waals surface area contributed by atoms with Crippen molar-refractivity contribution in [2.75, 3.05) is 13.2 Å². The third-order valence-corrected chi connectivity index (χ3v) is 6.43. The SMILES string of the molecule is CCCOc1ccc(C2=CCC(OC(=O)c3ccc(-c4ccc(OCC)c(F)c4F)c(F)c3F)CC2)c(F)c1F. The second-order valence-electron chi connectivity index (χ2n) is 9.08. The summed E-state index contributed by atoms with van der Waals surface area (Å²) < 4.78 is 103. The number of hydrogen-bond donors (Lipinski definition) is 0. The fraction of sp³-hybridized carbons (Fsp3) is 0.300. The highest BCUT2D eigenvalue weighted by atomic mass is 19.2. The fourth-order valence-corrected chi connectivity index (χ4v) is 4.40. The van der Waals surface area contributed by atoms with Gasteiger partial charge in [-0.1, -0.05) is 19.1 Å². The first-order chi connectivity index (χ1) is 19.2. The van der Waals surface area contributed by atoms with Crippen molar-refractivity contribution in [3.05, 3.63) is 88.5 Å². The van der Waals surface area contributed by atoms with Gasteiger partial charge in [0.2, 0.25) is 11.6 Å². The summed E-state index contributed by atoms with van der Waals surface area (Å²) in [5, 5.41) is 0. The van der Waals surface area contributed by atoms with Gasteiger partial charge in [-0.05, 0) is 62.1 Å². The molecule has 0 bridgehead atoms. The van der Waals surface area contributed by atoms with Gasteiger partial charge in [0.05, 0.1) is 18.8 Å². The molecule has 0 N–H and O–H groups in total. The highest BCUT2D eigenvalue weighted by molar-refractivity contribution is 5.91. The number of ether oxygens (including phenoxy) is 3. The maximum absolute atomic E-state index is 14.9. The molecule has 1 aliphatic rings. The predicted octanol–water partition coefficient (Wildman–Crippen LogP) is 8.17. The second kappa shape index (κ2) is 12.5. The summed E-state index contributed by atoms with van der Waals surface area (Å²) in [6.07, 6.45) is 2.10. The molecule has 0 radical (unpaired) electrons. The van der Waals surface area contributed by atoms with E-state index >= 15 is 0 Å². The van der Waals surface area contributed by atoms with Crippen molar-refractivity contribution in [1.29, 1.82) is 0 Å².